The molecule has 0 radical (unpaired) electrons. The highest BCUT2D eigenvalue weighted by Gasteiger charge is 2.64. The van der Waals surface area contributed by atoms with Crippen LogP contribution in [-0.4, -0.2) is 23.8 Å². The Labute approximate surface area is 152 Å². The quantitative estimate of drug-likeness (QED) is 0.745. The largest absolute Gasteiger partial charge is 0.393 e. The lowest BCUT2D eigenvalue weighted by Crippen LogP contribution is -2.62. The summed E-state index contributed by atoms with van der Waals surface area (Å²) in [5.41, 5.74) is 0.663. The van der Waals surface area contributed by atoms with E-state index in [2.05, 4.69) is 20.8 Å². The molecule has 4 saturated carbocycles. The zero-order valence-corrected chi connectivity index (χ0v) is 16.3. The molecule has 1 aliphatic heterocycles. The molecule has 8 atom stereocenters. The number of fused-ring (bicyclic) bond motifs is 5. The first-order valence-corrected chi connectivity index (χ1v) is 10.9. The van der Waals surface area contributed by atoms with Crippen molar-refractivity contribution in [3.63, 3.8) is 0 Å². The van der Waals surface area contributed by atoms with E-state index in [0.29, 0.717) is 24.0 Å². The van der Waals surface area contributed by atoms with Gasteiger partial charge in [0.2, 0.25) is 0 Å². The minimum atomic E-state index is -0.258. The van der Waals surface area contributed by atoms with E-state index in [-0.39, 0.29) is 17.3 Å². The average molecular weight is 349 g/mol. The molecule has 0 unspecified atom stereocenters. The van der Waals surface area contributed by atoms with Crippen molar-refractivity contribution in [3.05, 3.63) is 0 Å². The van der Waals surface area contributed by atoms with Gasteiger partial charge in [-0.1, -0.05) is 27.2 Å². The summed E-state index contributed by atoms with van der Waals surface area (Å²) in [6.45, 7) is 7.85. The van der Waals surface area contributed by atoms with Crippen molar-refractivity contribution in [3.8, 4) is 0 Å². The van der Waals surface area contributed by atoms with Gasteiger partial charge in [0.25, 0.3) is 0 Å². The standard InChI is InChI=1S/C22H36O3/c1-4-14-6-8-17-16-7-5-15-11-22(24-13-25-22)10-9-20(15,2)19(16)18(23)12-21(14,17)3/h14-19,23H,4-13H2,1-3H3/t14-,15-,16-,17-,18-,19+,20-,21+/m0/s1. The summed E-state index contributed by atoms with van der Waals surface area (Å²) in [6.07, 6.45) is 10.9. The van der Waals surface area contributed by atoms with Crippen LogP contribution in [0.15, 0.2) is 0 Å². The minimum Gasteiger partial charge on any atom is -0.393 e. The van der Waals surface area contributed by atoms with Crippen LogP contribution in [0.5, 0.6) is 0 Å². The van der Waals surface area contributed by atoms with Gasteiger partial charge in [-0.2, -0.15) is 0 Å². The van der Waals surface area contributed by atoms with E-state index in [1.165, 1.54) is 32.1 Å². The molecule has 0 amide bonds. The molecule has 5 fully saturated rings. The van der Waals surface area contributed by atoms with Gasteiger partial charge in [-0.05, 0) is 78.9 Å². The number of rotatable bonds is 1. The van der Waals surface area contributed by atoms with Crippen LogP contribution < -0.4 is 0 Å². The van der Waals surface area contributed by atoms with E-state index >= 15 is 0 Å². The predicted octanol–water partition coefficient (Wildman–Crippen LogP) is 4.73. The molecule has 1 saturated heterocycles. The maximum Gasteiger partial charge on any atom is 0.174 e. The molecule has 1 spiro atoms. The van der Waals surface area contributed by atoms with Gasteiger partial charge >= 0.3 is 0 Å². The zero-order chi connectivity index (χ0) is 17.4. The van der Waals surface area contributed by atoms with Crippen molar-refractivity contribution >= 4 is 0 Å². The average Bonchev–Trinajstić information content (AvgIpc) is 2.88. The van der Waals surface area contributed by atoms with Crippen molar-refractivity contribution in [2.75, 3.05) is 6.79 Å². The Morgan fingerprint density at radius 1 is 0.960 bits per heavy atom. The third kappa shape index (κ3) is 2.15. The molecule has 1 heterocycles. The third-order valence-corrected chi connectivity index (χ3v) is 9.93. The van der Waals surface area contributed by atoms with Crippen LogP contribution in [-0.2, 0) is 9.47 Å². The van der Waals surface area contributed by atoms with E-state index in [9.17, 15) is 5.11 Å². The first-order chi connectivity index (χ1) is 11.9. The summed E-state index contributed by atoms with van der Waals surface area (Å²) in [5.74, 6) is 3.30. The number of aliphatic hydroxyl groups is 1. The molecular formula is C22H36O3. The Morgan fingerprint density at radius 3 is 2.44 bits per heavy atom. The SMILES string of the molecule is CC[C@H]1CC[C@H]2[C@@H]3CC[C@H]4CC5(CC[C@]4(C)[C@H]3[C@@H](O)C[C@]12C)OCO5. The van der Waals surface area contributed by atoms with Gasteiger partial charge in [0.1, 0.15) is 0 Å². The van der Waals surface area contributed by atoms with Crippen LogP contribution in [0, 0.1) is 40.4 Å². The lowest BCUT2D eigenvalue weighted by Gasteiger charge is -2.64. The van der Waals surface area contributed by atoms with Gasteiger partial charge < -0.3 is 14.6 Å². The monoisotopic (exact) mass is 348 g/mol. The Balaban J connectivity index is 1.45. The topological polar surface area (TPSA) is 38.7 Å². The molecule has 1 N–H and O–H groups in total. The highest BCUT2D eigenvalue weighted by atomic mass is 16.9. The maximum absolute atomic E-state index is 11.4. The van der Waals surface area contributed by atoms with Crippen LogP contribution in [0.1, 0.15) is 78.6 Å². The van der Waals surface area contributed by atoms with E-state index < -0.39 is 0 Å². The highest BCUT2D eigenvalue weighted by molar-refractivity contribution is 5.12. The summed E-state index contributed by atoms with van der Waals surface area (Å²) in [7, 11) is 0. The minimum absolute atomic E-state index is 0.108. The van der Waals surface area contributed by atoms with Crippen LogP contribution in [0.4, 0.5) is 0 Å². The maximum atomic E-state index is 11.4. The summed E-state index contributed by atoms with van der Waals surface area (Å²) in [6, 6.07) is 0. The molecule has 0 aromatic carbocycles. The molecule has 0 aromatic rings. The predicted molar refractivity (Wildman–Crippen MR) is 96.7 cm³/mol. The summed E-state index contributed by atoms with van der Waals surface area (Å²) in [5, 5.41) is 11.4. The van der Waals surface area contributed by atoms with Crippen molar-refractivity contribution in [1.29, 1.82) is 0 Å². The second kappa shape index (κ2) is 5.45. The molecule has 5 aliphatic rings. The van der Waals surface area contributed by atoms with Crippen molar-refractivity contribution in [2.24, 2.45) is 40.4 Å². The van der Waals surface area contributed by atoms with Gasteiger partial charge in [0.05, 0.1) is 6.10 Å². The number of hydrogen-bond acceptors (Lipinski definition) is 3. The molecule has 3 nitrogen and oxygen atoms in total. The van der Waals surface area contributed by atoms with E-state index in [4.69, 9.17) is 9.47 Å². The zero-order valence-electron chi connectivity index (χ0n) is 16.3. The first-order valence-electron chi connectivity index (χ1n) is 10.9. The van der Waals surface area contributed by atoms with E-state index in [1.54, 1.807) is 0 Å². The molecule has 0 aromatic heterocycles. The van der Waals surface area contributed by atoms with Crippen LogP contribution in [0.2, 0.25) is 0 Å². The van der Waals surface area contributed by atoms with Gasteiger partial charge in [0.15, 0.2) is 12.6 Å². The normalized spacial score (nSPS) is 56.6. The van der Waals surface area contributed by atoms with E-state index in [1.807, 2.05) is 0 Å². The lowest BCUT2D eigenvalue weighted by atomic mass is 9.43. The second-order valence-electron chi connectivity index (χ2n) is 10.6. The lowest BCUT2D eigenvalue weighted by molar-refractivity contribution is -0.420. The molecular weight excluding hydrogens is 312 g/mol. The molecule has 3 heteroatoms. The first kappa shape index (κ1) is 17.0. The fourth-order valence-corrected chi connectivity index (χ4v) is 8.58. The van der Waals surface area contributed by atoms with Gasteiger partial charge in [-0.3, -0.25) is 0 Å². The number of ether oxygens (including phenoxy) is 2. The summed E-state index contributed by atoms with van der Waals surface area (Å²) in [4.78, 5) is 0. The van der Waals surface area contributed by atoms with Crippen LogP contribution in [0.25, 0.3) is 0 Å². The Morgan fingerprint density at radius 2 is 1.76 bits per heavy atom. The highest BCUT2D eigenvalue weighted by Crippen LogP contribution is 2.68. The fraction of sp³-hybridized carbons (Fsp3) is 1.00. The van der Waals surface area contributed by atoms with Crippen LogP contribution in [0.3, 0.4) is 0 Å². The van der Waals surface area contributed by atoms with Gasteiger partial charge in [-0.25, -0.2) is 0 Å². The van der Waals surface area contributed by atoms with Crippen LogP contribution >= 0.6 is 0 Å². The fourth-order valence-electron chi connectivity index (χ4n) is 8.58. The summed E-state index contributed by atoms with van der Waals surface area (Å²) < 4.78 is 11.7. The molecule has 4 aliphatic carbocycles. The second-order valence-corrected chi connectivity index (χ2v) is 10.6. The molecule has 5 rings (SSSR count). The Kier molecular flexibility index (Phi) is 3.71. The van der Waals surface area contributed by atoms with Gasteiger partial charge in [-0.15, -0.1) is 0 Å². The smallest absolute Gasteiger partial charge is 0.174 e. The summed E-state index contributed by atoms with van der Waals surface area (Å²) >= 11 is 0. The molecule has 142 valence electrons. The third-order valence-electron chi connectivity index (χ3n) is 9.93. The molecule has 0 bridgehead atoms. The Bertz CT molecular complexity index is 543. The number of aliphatic hydroxyl groups excluding tert-OH is 1. The van der Waals surface area contributed by atoms with Crippen molar-refractivity contribution in [1.82, 2.24) is 0 Å². The van der Waals surface area contributed by atoms with Gasteiger partial charge in [0, 0.05) is 12.8 Å². The van der Waals surface area contributed by atoms with Crippen molar-refractivity contribution < 1.29 is 14.6 Å². The Hall–Kier alpha value is -0.120. The van der Waals surface area contributed by atoms with E-state index in [0.717, 1.165) is 43.4 Å². The number of hydrogen-bond donors (Lipinski definition) is 1. The molecule has 25 heavy (non-hydrogen) atoms. The van der Waals surface area contributed by atoms with Crippen molar-refractivity contribution in [2.45, 2.75) is 90.4 Å².